The van der Waals surface area contributed by atoms with Crippen molar-refractivity contribution in [2.45, 2.75) is 50.2 Å². The van der Waals surface area contributed by atoms with E-state index >= 15 is 8.78 Å². The molecule has 0 radical (unpaired) electrons. The van der Waals surface area contributed by atoms with Crippen LogP contribution in [0.4, 0.5) is 29.7 Å². The zero-order valence-electron chi connectivity index (χ0n) is 24.6. The van der Waals surface area contributed by atoms with Crippen molar-refractivity contribution < 1.29 is 61.7 Å². The molecule has 0 saturated carbocycles. The number of esters is 1. The van der Waals surface area contributed by atoms with E-state index in [-0.39, 0.29) is 30.4 Å². The highest BCUT2D eigenvalue weighted by molar-refractivity contribution is 7.64. The molecule has 2 aliphatic heterocycles. The van der Waals surface area contributed by atoms with Crippen LogP contribution in [0.25, 0.3) is 0 Å². The number of nitrogens with two attached hydrogens (primary N) is 2. The molecule has 256 valence electrons. The highest BCUT2D eigenvalue weighted by atomic mass is 31.2. The third-order valence-corrected chi connectivity index (χ3v) is 10.00. The lowest BCUT2D eigenvalue weighted by atomic mass is 10.0. The van der Waals surface area contributed by atoms with Crippen molar-refractivity contribution in [3.8, 4) is 0 Å². The van der Waals surface area contributed by atoms with Crippen LogP contribution in [0, 0.1) is 11.6 Å². The van der Waals surface area contributed by atoms with Crippen molar-refractivity contribution in [1.82, 2.24) is 9.91 Å². The summed E-state index contributed by atoms with van der Waals surface area (Å²) in [4.78, 5) is 88.8. The highest BCUT2D eigenvalue weighted by Gasteiger charge is 2.37. The van der Waals surface area contributed by atoms with E-state index in [2.05, 4.69) is 0 Å². The Labute approximate surface area is 264 Å². The van der Waals surface area contributed by atoms with Crippen LogP contribution in [0.5, 0.6) is 0 Å². The number of ether oxygens (including phenoxy) is 3. The molecule has 0 aromatic heterocycles. The van der Waals surface area contributed by atoms with Crippen LogP contribution in [0.2, 0.25) is 0 Å². The fraction of sp³-hybridized carbons (Fsp3) is 0.520. The summed E-state index contributed by atoms with van der Waals surface area (Å²) in [6.07, 6.45) is -0.249. The first-order valence-electron chi connectivity index (χ1n) is 13.8. The average molecular weight is 697 g/mol. The fourth-order valence-electron chi connectivity index (χ4n) is 4.85. The zero-order chi connectivity index (χ0) is 34.1. The minimum Gasteiger partial charge on any atom is -0.442 e. The summed E-state index contributed by atoms with van der Waals surface area (Å²) >= 11 is 0. The predicted octanol–water partition coefficient (Wildman–Crippen LogP) is 1.05. The second-order valence-corrected chi connectivity index (χ2v) is 13.2. The van der Waals surface area contributed by atoms with E-state index in [0.717, 1.165) is 24.0 Å². The van der Waals surface area contributed by atoms with Gasteiger partial charge in [-0.3, -0.25) is 14.5 Å². The van der Waals surface area contributed by atoms with Gasteiger partial charge in [-0.2, -0.15) is 0 Å². The van der Waals surface area contributed by atoms with Gasteiger partial charge < -0.3 is 49.4 Å². The number of hydrazine groups is 1. The Morgan fingerprint density at radius 2 is 1.74 bits per heavy atom. The van der Waals surface area contributed by atoms with Crippen LogP contribution in [-0.2, 0) is 23.8 Å². The van der Waals surface area contributed by atoms with Crippen molar-refractivity contribution >= 4 is 52.2 Å². The van der Waals surface area contributed by atoms with Crippen molar-refractivity contribution in [1.29, 1.82) is 0 Å². The Morgan fingerprint density at radius 3 is 2.28 bits per heavy atom. The number of nitrogens with zero attached hydrogens (tertiary/aromatic N) is 4. The summed E-state index contributed by atoms with van der Waals surface area (Å²) in [6, 6.07) is 1.91. The number of anilines is 2. The number of cyclic esters (lactones) is 1. The Bertz CT molecular complexity index is 1260. The van der Waals surface area contributed by atoms with Gasteiger partial charge >= 0.3 is 18.2 Å². The largest absolute Gasteiger partial charge is 0.442 e. The number of imide groups is 1. The second kappa shape index (κ2) is 16.9. The molecule has 3 rings (SSSR count). The first kappa shape index (κ1) is 37.0. The molecule has 2 fully saturated rings. The number of piperidine rings is 1. The first-order valence-corrected chi connectivity index (χ1v) is 16.4. The molecule has 1 aromatic carbocycles. The lowest BCUT2D eigenvalue weighted by Gasteiger charge is -2.37. The number of benzene rings is 1. The van der Waals surface area contributed by atoms with Gasteiger partial charge in [0.2, 0.25) is 12.7 Å². The van der Waals surface area contributed by atoms with Crippen LogP contribution < -0.4 is 21.4 Å². The maximum Gasteiger partial charge on any atom is 0.419 e. The Kier molecular flexibility index (Phi) is 13.6. The molecule has 1 aromatic rings. The highest BCUT2D eigenvalue weighted by Crippen LogP contribution is 2.51. The first-order chi connectivity index (χ1) is 21.7. The molecule has 1 atom stereocenters. The van der Waals surface area contributed by atoms with Crippen molar-refractivity contribution in [2.75, 3.05) is 42.8 Å². The van der Waals surface area contributed by atoms with Gasteiger partial charge in [0.05, 0.1) is 24.2 Å². The summed E-state index contributed by atoms with van der Waals surface area (Å²) in [7, 11) is -5.42. The minimum absolute atomic E-state index is 0.0599. The average Bonchev–Trinajstić information content (AvgIpc) is 3.35. The van der Waals surface area contributed by atoms with E-state index in [4.69, 9.17) is 25.8 Å². The van der Waals surface area contributed by atoms with Crippen LogP contribution in [0.3, 0.4) is 0 Å². The van der Waals surface area contributed by atoms with E-state index in [9.17, 15) is 38.8 Å². The van der Waals surface area contributed by atoms with Gasteiger partial charge in [0.25, 0.3) is 0 Å². The second-order valence-electron chi connectivity index (χ2n) is 10.2. The van der Waals surface area contributed by atoms with E-state index in [1.54, 1.807) is 4.90 Å². The number of halogens is 2. The maximum absolute atomic E-state index is 15.2. The van der Waals surface area contributed by atoms with E-state index in [1.807, 2.05) is 0 Å². The number of rotatable bonds is 13. The van der Waals surface area contributed by atoms with Gasteiger partial charge in [0, 0.05) is 57.0 Å². The molecule has 17 nitrogen and oxygen atoms in total. The third-order valence-electron chi connectivity index (χ3n) is 7.18. The van der Waals surface area contributed by atoms with E-state index < -0.39 is 83.7 Å². The van der Waals surface area contributed by atoms with Crippen LogP contribution >= 0.6 is 16.8 Å². The van der Waals surface area contributed by atoms with E-state index in [1.165, 1.54) is 17.4 Å². The predicted molar refractivity (Wildman–Crippen MR) is 159 cm³/mol. The topological polar surface area (TPSA) is 242 Å². The maximum atomic E-state index is 15.2. The van der Waals surface area contributed by atoms with Crippen LogP contribution in [0.15, 0.2) is 24.5 Å². The van der Waals surface area contributed by atoms with Gasteiger partial charge in [-0.05, 0) is 19.3 Å². The van der Waals surface area contributed by atoms with Crippen LogP contribution in [0.1, 0.15) is 32.6 Å². The Morgan fingerprint density at radius 1 is 1.13 bits per heavy atom. The van der Waals surface area contributed by atoms with Crippen molar-refractivity contribution in [3.05, 3.63) is 36.2 Å². The molecule has 46 heavy (non-hydrogen) atoms. The van der Waals surface area contributed by atoms with Crippen LogP contribution in [-0.4, -0.2) is 104 Å². The lowest BCUT2D eigenvalue weighted by molar-refractivity contribution is -0.152. The SMILES string of the molecule is CC(=O)N(CC1CN(c2cc(F)c(N3CCC(N(N)/C=C\N)CC3)c(F)c2)C(=O)O1)C(=O)OCOC(=O)CCC(P(O)O)P(O)O. The molecule has 1 unspecified atom stereocenters. The van der Waals surface area contributed by atoms with Crippen molar-refractivity contribution in [3.63, 3.8) is 0 Å². The molecule has 8 N–H and O–H groups in total. The molecular formula is C25H36F2N6O11P2. The lowest BCUT2D eigenvalue weighted by Crippen LogP contribution is -2.46. The quantitative estimate of drug-likeness (QED) is 0.0555. The fourth-order valence-corrected chi connectivity index (χ4v) is 6.31. The molecular weight excluding hydrogens is 660 g/mol. The van der Waals surface area contributed by atoms with Gasteiger partial charge in [0.1, 0.15) is 11.8 Å². The molecule has 21 heteroatoms. The summed E-state index contributed by atoms with van der Waals surface area (Å²) in [6.45, 7) is -0.0323. The third kappa shape index (κ3) is 9.78. The molecule has 0 spiro atoms. The summed E-state index contributed by atoms with van der Waals surface area (Å²) in [5, 5.41) is 0.127. The van der Waals surface area contributed by atoms with Gasteiger partial charge in [-0.15, -0.1) is 0 Å². The Hall–Kier alpha value is -3.44. The summed E-state index contributed by atoms with van der Waals surface area (Å²) < 4.78 is 45.1. The normalized spacial score (nSPS) is 17.3. The molecule has 0 bridgehead atoms. The summed E-state index contributed by atoms with van der Waals surface area (Å²) in [5.74, 6) is 2.32. The number of hydrogen-bond acceptors (Lipinski definition) is 15. The number of carbonyl (C=O) groups is 4. The van der Waals surface area contributed by atoms with Gasteiger partial charge in [0.15, 0.2) is 28.4 Å². The standard InChI is InChI=1S/C25H36F2N6O11P2/c1-15(34)31(24(36)43-14-42-21(35)2-3-22(45(38)39)46(40)41)12-18-13-32(25(37)44-18)17-10-19(26)23(20(27)11-17)30-7-4-16(5-8-30)33(29)9-6-28/h6,9-11,16,18,22,38-41H,2-5,7-8,12-14,28-29H2,1H3/b9-6-. The van der Waals surface area contributed by atoms with Crippen molar-refractivity contribution in [2.24, 2.45) is 11.6 Å². The minimum atomic E-state index is -2.71. The molecule has 3 amide bonds. The number of hydrogen-bond donors (Lipinski definition) is 6. The summed E-state index contributed by atoms with van der Waals surface area (Å²) in [5.41, 5.74) is 4.96. The van der Waals surface area contributed by atoms with Gasteiger partial charge in [-0.25, -0.2) is 29.1 Å². The number of amides is 3. The molecule has 0 aliphatic carbocycles. The van der Waals surface area contributed by atoms with Gasteiger partial charge in [-0.1, -0.05) is 0 Å². The number of carbonyl (C=O) groups excluding carboxylic acids is 4. The van der Waals surface area contributed by atoms with E-state index in [0.29, 0.717) is 30.8 Å². The molecule has 2 aliphatic rings. The monoisotopic (exact) mass is 696 g/mol. The Balaban J connectivity index is 1.55. The molecule has 2 saturated heterocycles. The molecule has 2 heterocycles. The smallest absolute Gasteiger partial charge is 0.419 e. The zero-order valence-corrected chi connectivity index (χ0v) is 26.4.